The van der Waals surface area contributed by atoms with Crippen molar-refractivity contribution in [3.05, 3.63) is 36.3 Å². The van der Waals surface area contributed by atoms with Crippen molar-refractivity contribution in [1.29, 1.82) is 0 Å². The maximum atomic E-state index is 12.3. The molecule has 0 spiro atoms. The van der Waals surface area contributed by atoms with Gasteiger partial charge in [-0.3, -0.25) is 4.79 Å². The number of carbonyl (C=O) groups is 2. The van der Waals surface area contributed by atoms with E-state index in [1.54, 1.807) is 19.1 Å². The van der Waals surface area contributed by atoms with E-state index in [1.165, 1.54) is 13.4 Å². The Labute approximate surface area is 235 Å². The second kappa shape index (κ2) is 13.8. The van der Waals surface area contributed by atoms with Crippen LogP contribution in [-0.2, 0) is 20.8 Å². The Morgan fingerprint density at radius 2 is 1.85 bits per heavy atom. The summed E-state index contributed by atoms with van der Waals surface area (Å²) in [5.74, 6) is 1.49. The van der Waals surface area contributed by atoms with E-state index in [9.17, 15) is 9.59 Å². The topological polar surface area (TPSA) is 131 Å². The first-order valence-electron chi connectivity index (χ1n) is 13.1. The number of esters is 1. The van der Waals surface area contributed by atoms with Gasteiger partial charge in [0.15, 0.2) is 11.5 Å². The minimum atomic E-state index is -0.536. The molecule has 0 saturated carbocycles. The summed E-state index contributed by atoms with van der Waals surface area (Å²) >= 11 is 0. The van der Waals surface area contributed by atoms with E-state index in [1.807, 2.05) is 52.2 Å². The summed E-state index contributed by atoms with van der Waals surface area (Å²) in [6.07, 6.45) is 3.87. The predicted molar refractivity (Wildman–Crippen MR) is 152 cm³/mol. The molecule has 0 radical (unpaired) electrons. The summed E-state index contributed by atoms with van der Waals surface area (Å²) in [5, 5.41) is 4.24. The number of H-pyrrole nitrogens is 1. The summed E-state index contributed by atoms with van der Waals surface area (Å²) < 4.78 is 21.4. The lowest BCUT2D eigenvalue weighted by Gasteiger charge is -2.26. The van der Waals surface area contributed by atoms with Crippen LogP contribution < -0.4 is 14.8 Å². The molecule has 3 aromatic rings. The minimum Gasteiger partial charge on any atom is -0.493 e. The van der Waals surface area contributed by atoms with Crippen molar-refractivity contribution in [2.75, 3.05) is 53.3 Å². The molecule has 0 aliphatic heterocycles. The first-order chi connectivity index (χ1) is 19.0. The van der Waals surface area contributed by atoms with Gasteiger partial charge in [-0.15, -0.1) is 0 Å². The van der Waals surface area contributed by atoms with Crippen LogP contribution in [-0.4, -0.2) is 90.4 Å². The molecule has 12 nitrogen and oxygen atoms in total. The zero-order chi connectivity index (χ0) is 29.3. The second-order valence-corrected chi connectivity index (χ2v) is 10.4. The van der Waals surface area contributed by atoms with Crippen molar-refractivity contribution in [2.24, 2.45) is 0 Å². The third kappa shape index (κ3) is 8.73. The number of aromatic amines is 1. The highest BCUT2D eigenvalue weighted by Gasteiger charge is 2.20. The van der Waals surface area contributed by atoms with Crippen molar-refractivity contribution < 1.29 is 28.5 Å². The van der Waals surface area contributed by atoms with Crippen LogP contribution in [0.4, 0.5) is 16.3 Å². The van der Waals surface area contributed by atoms with Crippen LogP contribution in [0.15, 0.2) is 30.7 Å². The molecule has 2 aromatic heterocycles. The number of hydrogen-bond donors (Lipinski definition) is 2. The van der Waals surface area contributed by atoms with Gasteiger partial charge in [-0.1, -0.05) is 0 Å². The van der Waals surface area contributed by atoms with Gasteiger partial charge in [-0.05, 0) is 51.9 Å². The first-order valence-corrected chi connectivity index (χ1v) is 13.1. The van der Waals surface area contributed by atoms with Crippen molar-refractivity contribution in [3.8, 4) is 11.5 Å². The van der Waals surface area contributed by atoms with Crippen LogP contribution in [0.1, 0.15) is 39.2 Å². The summed E-state index contributed by atoms with van der Waals surface area (Å²) in [6, 6.07) is 5.51. The van der Waals surface area contributed by atoms with Crippen molar-refractivity contribution in [3.63, 3.8) is 0 Å². The van der Waals surface area contributed by atoms with Gasteiger partial charge in [-0.25, -0.2) is 14.8 Å². The molecule has 218 valence electrons. The van der Waals surface area contributed by atoms with Crippen LogP contribution in [0.3, 0.4) is 0 Å². The molecule has 2 N–H and O–H groups in total. The molecule has 0 bridgehead atoms. The van der Waals surface area contributed by atoms with Crippen LogP contribution in [0.5, 0.6) is 11.5 Å². The Morgan fingerprint density at radius 3 is 2.55 bits per heavy atom. The van der Waals surface area contributed by atoms with Gasteiger partial charge in [0.05, 0.1) is 26.2 Å². The Bertz CT molecular complexity index is 1290. The van der Waals surface area contributed by atoms with Gasteiger partial charge in [0.2, 0.25) is 0 Å². The van der Waals surface area contributed by atoms with Crippen molar-refractivity contribution >= 4 is 34.6 Å². The van der Waals surface area contributed by atoms with E-state index in [0.717, 1.165) is 16.6 Å². The van der Waals surface area contributed by atoms with E-state index in [-0.39, 0.29) is 18.5 Å². The summed E-state index contributed by atoms with van der Waals surface area (Å²) in [4.78, 5) is 39.4. The number of rotatable bonds is 13. The number of amides is 1. The fourth-order valence-electron chi connectivity index (χ4n) is 3.87. The number of carbonyl (C=O) groups excluding carboxylic acids is 2. The number of likely N-dealkylation sites (N-methyl/N-ethyl adjacent to an activating group) is 2. The molecule has 2 heterocycles. The molecule has 0 saturated heterocycles. The fraction of sp³-hybridized carbons (Fsp3) is 0.500. The Kier molecular flexibility index (Phi) is 10.5. The number of benzene rings is 1. The highest BCUT2D eigenvalue weighted by atomic mass is 16.6. The van der Waals surface area contributed by atoms with Crippen LogP contribution >= 0.6 is 0 Å². The lowest BCUT2D eigenvalue weighted by Crippen LogP contribution is -2.38. The first kappa shape index (κ1) is 30.5. The minimum absolute atomic E-state index is 0.275. The van der Waals surface area contributed by atoms with E-state index < -0.39 is 5.60 Å². The molecule has 40 heavy (non-hydrogen) atoms. The van der Waals surface area contributed by atoms with E-state index >= 15 is 0 Å². The van der Waals surface area contributed by atoms with Crippen molar-refractivity contribution in [2.45, 2.75) is 45.8 Å². The van der Waals surface area contributed by atoms with Gasteiger partial charge in [-0.2, -0.15) is 0 Å². The Morgan fingerprint density at radius 1 is 1.07 bits per heavy atom. The van der Waals surface area contributed by atoms with Gasteiger partial charge in [0.1, 0.15) is 23.4 Å². The summed E-state index contributed by atoms with van der Waals surface area (Å²) in [5.41, 5.74) is 1.93. The number of nitrogens with zero attached hydrogens (tertiary/aromatic N) is 4. The van der Waals surface area contributed by atoms with E-state index in [2.05, 4.69) is 29.9 Å². The van der Waals surface area contributed by atoms with Gasteiger partial charge in [0.25, 0.3) is 0 Å². The zero-order valence-electron chi connectivity index (χ0n) is 24.4. The third-order valence-electron chi connectivity index (χ3n) is 5.95. The van der Waals surface area contributed by atoms with Crippen molar-refractivity contribution in [1.82, 2.24) is 24.8 Å². The molecule has 0 atom stereocenters. The number of nitrogens with one attached hydrogen (secondary N) is 2. The SMILES string of the molecule is COC(=O)CCCOc1cc(Nc2ncnc3[nH]cc(CN(C)CCN(C)C(=O)OC(C)(C)C)c23)ccc1OC. The number of methoxy groups -OCH3 is 2. The van der Waals surface area contributed by atoms with Crippen LogP contribution in [0.25, 0.3) is 11.0 Å². The number of ether oxygens (including phenoxy) is 4. The smallest absolute Gasteiger partial charge is 0.410 e. The van der Waals surface area contributed by atoms with E-state index in [4.69, 9.17) is 14.2 Å². The standard InChI is InChI=1S/C28H40N6O6/c1-28(2,3)40-27(36)34(5)13-12-33(4)17-19-16-29-25-24(19)26(31-18-30-25)32-20-10-11-21(37-6)22(15-20)39-14-8-9-23(35)38-7/h10-11,15-16,18H,8-9,12-14,17H2,1-7H3,(H2,29,30,31,32). The van der Waals surface area contributed by atoms with E-state index in [0.29, 0.717) is 55.6 Å². The second-order valence-electron chi connectivity index (χ2n) is 10.4. The fourth-order valence-corrected chi connectivity index (χ4v) is 3.87. The number of hydrogen-bond acceptors (Lipinski definition) is 10. The molecule has 0 aliphatic rings. The quantitative estimate of drug-likeness (QED) is 0.231. The molecule has 0 unspecified atom stereocenters. The van der Waals surface area contributed by atoms with Gasteiger partial charge < -0.3 is 39.0 Å². The molecule has 0 aliphatic carbocycles. The lowest BCUT2D eigenvalue weighted by atomic mass is 10.2. The number of anilines is 2. The monoisotopic (exact) mass is 556 g/mol. The molecular weight excluding hydrogens is 516 g/mol. The average Bonchev–Trinajstić information content (AvgIpc) is 3.32. The lowest BCUT2D eigenvalue weighted by molar-refractivity contribution is -0.140. The molecule has 3 rings (SSSR count). The van der Waals surface area contributed by atoms with Crippen LogP contribution in [0, 0.1) is 0 Å². The number of aromatic nitrogens is 3. The normalized spacial score (nSPS) is 11.4. The largest absolute Gasteiger partial charge is 0.493 e. The Balaban J connectivity index is 1.69. The van der Waals surface area contributed by atoms with Crippen LogP contribution in [0.2, 0.25) is 0 Å². The summed E-state index contributed by atoms with van der Waals surface area (Å²) in [6.45, 7) is 7.66. The highest BCUT2D eigenvalue weighted by Crippen LogP contribution is 2.33. The molecule has 0 fully saturated rings. The summed E-state index contributed by atoms with van der Waals surface area (Å²) in [7, 11) is 6.66. The number of fused-ring (bicyclic) bond motifs is 1. The maximum Gasteiger partial charge on any atom is 0.410 e. The average molecular weight is 557 g/mol. The third-order valence-corrected chi connectivity index (χ3v) is 5.95. The Hall–Kier alpha value is -4.06. The van der Waals surface area contributed by atoms with Gasteiger partial charge >= 0.3 is 12.1 Å². The highest BCUT2D eigenvalue weighted by molar-refractivity contribution is 5.92. The molecule has 1 aromatic carbocycles. The zero-order valence-corrected chi connectivity index (χ0v) is 24.4. The predicted octanol–water partition coefficient (Wildman–Crippen LogP) is 4.34. The van der Waals surface area contributed by atoms with Gasteiger partial charge in [0, 0.05) is 51.1 Å². The maximum absolute atomic E-state index is 12.3. The molecule has 1 amide bonds. The molecular formula is C28H40N6O6. The molecule has 12 heteroatoms.